The number of nitrogen functional groups attached to an aromatic ring is 1. The van der Waals surface area contributed by atoms with Gasteiger partial charge in [-0.2, -0.15) is 0 Å². The highest BCUT2D eigenvalue weighted by atomic mass is 16.6. The Bertz CT molecular complexity index is 606. The number of nitrogens with two attached hydrogens (primary N) is 1. The van der Waals surface area contributed by atoms with Crippen molar-refractivity contribution in [2.75, 3.05) is 5.73 Å². The summed E-state index contributed by atoms with van der Waals surface area (Å²) in [4.78, 5) is 22.1. The molecule has 2 N–H and O–H groups in total. The Morgan fingerprint density at radius 3 is 2.22 bits per heavy atom. The van der Waals surface area contributed by atoms with Gasteiger partial charge in [0.2, 0.25) is 0 Å². The van der Waals surface area contributed by atoms with Crippen molar-refractivity contribution in [3.63, 3.8) is 0 Å². The van der Waals surface area contributed by atoms with E-state index in [0.29, 0.717) is 16.8 Å². The van der Waals surface area contributed by atoms with Crippen LogP contribution in [-0.4, -0.2) is 10.7 Å². The molecule has 0 aliphatic rings. The van der Waals surface area contributed by atoms with E-state index in [9.17, 15) is 14.9 Å². The Balaban J connectivity index is 2.35. The SMILES string of the molecule is Nc1ccccc1C(=O)c1ccc([N+](=O)[O-])cc1. The molecule has 0 unspecified atom stereocenters. The van der Waals surface area contributed by atoms with E-state index in [1.54, 1.807) is 24.3 Å². The lowest BCUT2D eigenvalue weighted by Crippen LogP contribution is -2.05. The fourth-order valence-electron chi connectivity index (χ4n) is 1.59. The number of para-hydroxylation sites is 1. The molecular weight excluding hydrogens is 232 g/mol. The lowest BCUT2D eigenvalue weighted by Gasteiger charge is -2.04. The van der Waals surface area contributed by atoms with Crippen LogP contribution >= 0.6 is 0 Å². The summed E-state index contributed by atoms with van der Waals surface area (Å²) in [5, 5.41) is 10.5. The smallest absolute Gasteiger partial charge is 0.269 e. The first kappa shape index (κ1) is 11.8. The third-order valence-corrected chi connectivity index (χ3v) is 2.55. The summed E-state index contributed by atoms with van der Waals surface area (Å²) in [7, 11) is 0. The summed E-state index contributed by atoms with van der Waals surface area (Å²) in [5.74, 6) is -0.247. The van der Waals surface area contributed by atoms with Crippen LogP contribution in [0.4, 0.5) is 11.4 Å². The van der Waals surface area contributed by atoms with E-state index in [2.05, 4.69) is 0 Å². The highest BCUT2D eigenvalue weighted by Gasteiger charge is 2.13. The van der Waals surface area contributed by atoms with Crippen molar-refractivity contribution < 1.29 is 9.72 Å². The van der Waals surface area contributed by atoms with Crippen LogP contribution in [0.15, 0.2) is 48.5 Å². The average molecular weight is 242 g/mol. The lowest BCUT2D eigenvalue weighted by molar-refractivity contribution is -0.384. The normalized spacial score (nSPS) is 10.0. The van der Waals surface area contributed by atoms with Gasteiger partial charge in [-0.05, 0) is 24.3 Å². The highest BCUT2D eigenvalue weighted by molar-refractivity contribution is 6.12. The van der Waals surface area contributed by atoms with Crippen molar-refractivity contribution in [2.24, 2.45) is 0 Å². The molecule has 0 fully saturated rings. The molecule has 0 atom stereocenters. The van der Waals surface area contributed by atoms with Crippen molar-refractivity contribution >= 4 is 17.2 Å². The number of hydrogen-bond donors (Lipinski definition) is 1. The quantitative estimate of drug-likeness (QED) is 0.387. The third-order valence-electron chi connectivity index (χ3n) is 2.55. The number of carbonyl (C=O) groups excluding carboxylic acids is 1. The van der Waals surface area contributed by atoms with Crippen LogP contribution in [-0.2, 0) is 0 Å². The van der Waals surface area contributed by atoms with Crippen LogP contribution in [0.25, 0.3) is 0 Å². The van der Waals surface area contributed by atoms with E-state index < -0.39 is 4.92 Å². The number of ketones is 1. The molecule has 0 aliphatic carbocycles. The molecule has 5 nitrogen and oxygen atoms in total. The van der Waals surface area contributed by atoms with Crippen molar-refractivity contribution in [1.29, 1.82) is 0 Å². The second-order valence-corrected chi connectivity index (χ2v) is 3.72. The van der Waals surface area contributed by atoms with Crippen LogP contribution in [0.3, 0.4) is 0 Å². The maximum atomic E-state index is 12.1. The van der Waals surface area contributed by atoms with Crippen LogP contribution in [0.2, 0.25) is 0 Å². The maximum absolute atomic E-state index is 12.1. The van der Waals surface area contributed by atoms with Crippen LogP contribution in [0, 0.1) is 10.1 Å². The second kappa shape index (κ2) is 4.67. The zero-order valence-corrected chi connectivity index (χ0v) is 9.37. The monoisotopic (exact) mass is 242 g/mol. The molecule has 0 spiro atoms. The van der Waals surface area contributed by atoms with Gasteiger partial charge in [0.25, 0.3) is 5.69 Å². The number of hydrogen-bond acceptors (Lipinski definition) is 4. The van der Waals surface area contributed by atoms with Crippen molar-refractivity contribution in [3.8, 4) is 0 Å². The summed E-state index contributed by atoms with van der Waals surface area (Å²) in [5.41, 5.74) is 6.82. The number of carbonyl (C=O) groups is 1. The topological polar surface area (TPSA) is 86.2 Å². The van der Waals surface area contributed by atoms with Crippen molar-refractivity contribution in [3.05, 3.63) is 69.8 Å². The molecule has 2 rings (SSSR count). The predicted octanol–water partition coefficient (Wildman–Crippen LogP) is 2.41. The number of nitro groups is 1. The van der Waals surface area contributed by atoms with E-state index in [-0.39, 0.29) is 11.5 Å². The summed E-state index contributed by atoms with van der Waals surface area (Å²) < 4.78 is 0. The van der Waals surface area contributed by atoms with Gasteiger partial charge in [0.05, 0.1) is 4.92 Å². The first-order valence-electron chi connectivity index (χ1n) is 5.23. The van der Waals surface area contributed by atoms with Gasteiger partial charge < -0.3 is 5.73 Å². The first-order chi connectivity index (χ1) is 8.59. The summed E-state index contributed by atoms with van der Waals surface area (Å²) >= 11 is 0. The van der Waals surface area contributed by atoms with Crippen LogP contribution < -0.4 is 5.73 Å². The molecule has 18 heavy (non-hydrogen) atoms. The molecule has 0 aromatic heterocycles. The Morgan fingerprint density at radius 1 is 1.06 bits per heavy atom. The molecule has 0 saturated carbocycles. The molecule has 0 amide bonds. The zero-order valence-electron chi connectivity index (χ0n) is 9.37. The highest BCUT2D eigenvalue weighted by Crippen LogP contribution is 2.18. The van der Waals surface area contributed by atoms with Crippen LogP contribution in [0.5, 0.6) is 0 Å². The van der Waals surface area contributed by atoms with Gasteiger partial charge in [-0.3, -0.25) is 14.9 Å². The Kier molecular flexibility index (Phi) is 3.05. The first-order valence-corrected chi connectivity index (χ1v) is 5.23. The molecular formula is C13H10N2O3. The minimum atomic E-state index is -0.509. The fraction of sp³-hybridized carbons (Fsp3) is 0. The lowest BCUT2D eigenvalue weighted by atomic mass is 10.0. The summed E-state index contributed by atoms with van der Waals surface area (Å²) in [6, 6.07) is 12.2. The number of benzene rings is 2. The van der Waals surface area contributed by atoms with Gasteiger partial charge in [0.1, 0.15) is 0 Å². The van der Waals surface area contributed by atoms with Gasteiger partial charge in [-0.15, -0.1) is 0 Å². The van der Waals surface area contributed by atoms with E-state index >= 15 is 0 Å². The van der Waals surface area contributed by atoms with Crippen molar-refractivity contribution in [2.45, 2.75) is 0 Å². The molecule has 0 radical (unpaired) electrons. The minimum absolute atomic E-state index is 0.0485. The van der Waals surface area contributed by atoms with Gasteiger partial charge in [-0.1, -0.05) is 12.1 Å². The molecule has 0 bridgehead atoms. The summed E-state index contributed by atoms with van der Waals surface area (Å²) in [6.07, 6.45) is 0. The fourth-order valence-corrected chi connectivity index (χ4v) is 1.59. The zero-order chi connectivity index (χ0) is 13.1. The van der Waals surface area contributed by atoms with Crippen molar-refractivity contribution in [1.82, 2.24) is 0 Å². The second-order valence-electron chi connectivity index (χ2n) is 3.72. The number of nitrogens with zero attached hydrogens (tertiary/aromatic N) is 1. The van der Waals surface area contributed by atoms with Gasteiger partial charge in [0.15, 0.2) is 5.78 Å². The number of nitro benzene ring substituents is 1. The predicted molar refractivity (Wildman–Crippen MR) is 67.4 cm³/mol. The number of rotatable bonds is 3. The van der Waals surface area contributed by atoms with E-state index in [4.69, 9.17) is 5.73 Å². The maximum Gasteiger partial charge on any atom is 0.269 e. The summed E-state index contributed by atoms with van der Waals surface area (Å²) in [6.45, 7) is 0. The number of anilines is 1. The molecule has 0 aliphatic heterocycles. The minimum Gasteiger partial charge on any atom is -0.398 e. The Labute approximate surface area is 103 Å². The molecule has 2 aromatic rings. The van der Waals surface area contributed by atoms with Gasteiger partial charge in [0, 0.05) is 28.9 Å². The van der Waals surface area contributed by atoms with Gasteiger partial charge >= 0.3 is 0 Å². The Morgan fingerprint density at radius 2 is 1.67 bits per heavy atom. The van der Waals surface area contributed by atoms with Crippen LogP contribution in [0.1, 0.15) is 15.9 Å². The largest absolute Gasteiger partial charge is 0.398 e. The Hall–Kier alpha value is -2.69. The molecule has 2 aromatic carbocycles. The van der Waals surface area contributed by atoms with Gasteiger partial charge in [-0.25, -0.2) is 0 Å². The van der Waals surface area contributed by atoms with E-state index in [1.165, 1.54) is 24.3 Å². The molecule has 5 heteroatoms. The molecule has 0 heterocycles. The average Bonchev–Trinajstić information content (AvgIpc) is 2.38. The third kappa shape index (κ3) is 2.20. The number of non-ortho nitro benzene ring substituents is 1. The molecule has 90 valence electrons. The molecule has 0 saturated heterocycles. The standard InChI is InChI=1S/C13H10N2O3/c14-12-4-2-1-3-11(12)13(16)9-5-7-10(8-6-9)15(17)18/h1-8H,14H2. The van der Waals surface area contributed by atoms with E-state index in [0.717, 1.165) is 0 Å². The van der Waals surface area contributed by atoms with E-state index in [1.807, 2.05) is 0 Å².